The van der Waals surface area contributed by atoms with Gasteiger partial charge in [-0.1, -0.05) is 60.7 Å². The van der Waals surface area contributed by atoms with E-state index in [1.54, 1.807) is 12.4 Å². The van der Waals surface area contributed by atoms with E-state index in [2.05, 4.69) is 15.3 Å². The van der Waals surface area contributed by atoms with Crippen molar-refractivity contribution in [3.05, 3.63) is 102 Å². The van der Waals surface area contributed by atoms with Crippen molar-refractivity contribution >= 4 is 22.4 Å². The summed E-state index contributed by atoms with van der Waals surface area (Å²) in [6.45, 7) is 0. The Morgan fingerprint density at radius 3 is 2.04 bits per heavy atom. The lowest BCUT2D eigenvalue weighted by molar-refractivity contribution is -0.116. The molecular weight excluding hydrogens is 354 g/mol. The Bertz CT molecular complexity index is 978. The Morgan fingerprint density at radius 1 is 0.852 bits per heavy atom. The predicted octanol–water partition coefficient (Wildman–Crippen LogP) is 4.98. The topological polar surface area (TPSA) is 54.9 Å². The van der Waals surface area contributed by atoms with Crippen molar-refractivity contribution in [2.75, 3.05) is 5.32 Å². The fourth-order valence-electron chi connectivity index (χ4n) is 2.95. The van der Waals surface area contributed by atoms with Gasteiger partial charge in [-0.25, -0.2) is 4.98 Å². The minimum Gasteiger partial charge on any atom is -0.301 e. The van der Waals surface area contributed by atoms with E-state index >= 15 is 0 Å². The Labute approximate surface area is 161 Å². The van der Waals surface area contributed by atoms with Crippen LogP contribution in [-0.4, -0.2) is 15.9 Å². The molecule has 4 nitrogen and oxygen atoms in total. The van der Waals surface area contributed by atoms with E-state index in [0.717, 1.165) is 22.4 Å². The molecule has 0 spiro atoms. The van der Waals surface area contributed by atoms with Gasteiger partial charge in [-0.05, 0) is 23.3 Å². The van der Waals surface area contributed by atoms with Crippen LogP contribution in [0.2, 0.25) is 0 Å². The third kappa shape index (κ3) is 3.93. The van der Waals surface area contributed by atoms with Crippen molar-refractivity contribution in [3.63, 3.8) is 0 Å². The van der Waals surface area contributed by atoms with Crippen molar-refractivity contribution in [3.8, 4) is 11.3 Å². The number of nitrogens with one attached hydrogen (secondary N) is 1. The third-order valence-corrected chi connectivity index (χ3v) is 5.00. The molecule has 0 saturated heterocycles. The van der Waals surface area contributed by atoms with Gasteiger partial charge in [0, 0.05) is 23.3 Å². The molecule has 0 fully saturated rings. The molecule has 4 rings (SSSR count). The second-order valence-corrected chi connectivity index (χ2v) is 6.88. The summed E-state index contributed by atoms with van der Waals surface area (Å²) in [6, 6.07) is 23.4. The van der Waals surface area contributed by atoms with Crippen LogP contribution in [0.15, 0.2) is 90.6 Å². The van der Waals surface area contributed by atoms with E-state index in [1.807, 2.05) is 78.2 Å². The summed E-state index contributed by atoms with van der Waals surface area (Å²) in [6.07, 6.45) is 3.46. The molecule has 5 heteroatoms. The van der Waals surface area contributed by atoms with Crippen LogP contribution >= 0.6 is 11.3 Å². The standard InChI is InChI=1S/C22H17N3OS/c26-21(25-22-24-19(15-27-22)16-11-13-23-14-12-16)20(17-7-3-1-4-8-17)18-9-5-2-6-10-18/h1-15,20H,(H,24,25,26). The molecule has 0 atom stereocenters. The first-order chi connectivity index (χ1) is 13.3. The van der Waals surface area contributed by atoms with Gasteiger partial charge in [0.05, 0.1) is 11.6 Å². The molecule has 0 unspecified atom stereocenters. The second kappa shape index (κ2) is 7.93. The number of hydrogen-bond donors (Lipinski definition) is 1. The number of thiazole rings is 1. The highest BCUT2D eigenvalue weighted by atomic mass is 32.1. The van der Waals surface area contributed by atoms with Crippen molar-refractivity contribution in [1.29, 1.82) is 0 Å². The second-order valence-electron chi connectivity index (χ2n) is 6.02. The van der Waals surface area contributed by atoms with Crippen LogP contribution in [0, 0.1) is 0 Å². The largest absolute Gasteiger partial charge is 0.301 e. The maximum atomic E-state index is 13.1. The minimum atomic E-state index is -0.388. The number of benzene rings is 2. The molecule has 0 radical (unpaired) electrons. The Kier molecular flexibility index (Phi) is 5.03. The summed E-state index contributed by atoms with van der Waals surface area (Å²) in [5.74, 6) is -0.483. The number of pyridine rings is 1. The average Bonchev–Trinajstić information content (AvgIpc) is 3.19. The van der Waals surface area contributed by atoms with E-state index in [4.69, 9.17) is 0 Å². The van der Waals surface area contributed by atoms with E-state index in [1.165, 1.54) is 11.3 Å². The first kappa shape index (κ1) is 17.1. The summed E-state index contributed by atoms with van der Waals surface area (Å²) in [4.78, 5) is 21.7. The normalized spacial score (nSPS) is 10.7. The number of hydrogen-bond acceptors (Lipinski definition) is 4. The lowest BCUT2D eigenvalue weighted by Crippen LogP contribution is -2.22. The number of anilines is 1. The Hall–Kier alpha value is -3.31. The first-order valence-corrected chi connectivity index (χ1v) is 9.46. The van der Waals surface area contributed by atoms with Gasteiger partial charge < -0.3 is 5.32 Å². The van der Waals surface area contributed by atoms with Crippen LogP contribution in [0.5, 0.6) is 0 Å². The van der Waals surface area contributed by atoms with Crippen LogP contribution in [0.1, 0.15) is 17.0 Å². The summed E-state index contributed by atoms with van der Waals surface area (Å²) in [7, 11) is 0. The number of amides is 1. The Balaban J connectivity index is 1.61. The van der Waals surface area contributed by atoms with Gasteiger partial charge in [0.25, 0.3) is 0 Å². The Morgan fingerprint density at radius 2 is 1.44 bits per heavy atom. The van der Waals surface area contributed by atoms with Gasteiger partial charge in [-0.2, -0.15) is 0 Å². The fraction of sp³-hybridized carbons (Fsp3) is 0.0455. The molecule has 1 N–H and O–H groups in total. The molecular formula is C22H17N3OS. The zero-order valence-corrected chi connectivity index (χ0v) is 15.3. The van der Waals surface area contributed by atoms with Crippen molar-refractivity contribution < 1.29 is 4.79 Å². The van der Waals surface area contributed by atoms with Gasteiger partial charge in [-0.3, -0.25) is 9.78 Å². The highest BCUT2D eigenvalue weighted by Gasteiger charge is 2.23. The smallest absolute Gasteiger partial charge is 0.238 e. The summed E-state index contributed by atoms with van der Waals surface area (Å²) in [5.41, 5.74) is 3.71. The molecule has 1 amide bonds. The number of aromatic nitrogens is 2. The summed E-state index contributed by atoms with van der Waals surface area (Å²) in [5, 5.41) is 5.50. The highest BCUT2D eigenvalue weighted by Crippen LogP contribution is 2.29. The molecule has 0 bridgehead atoms. The fourth-order valence-corrected chi connectivity index (χ4v) is 3.67. The lowest BCUT2D eigenvalue weighted by Gasteiger charge is -2.17. The van der Waals surface area contributed by atoms with E-state index in [-0.39, 0.29) is 11.8 Å². The third-order valence-electron chi connectivity index (χ3n) is 4.24. The summed E-state index contributed by atoms with van der Waals surface area (Å²) < 4.78 is 0. The molecule has 0 aliphatic carbocycles. The van der Waals surface area contributed by atoms with Gasteiger partial charge in [0.15, 0.2) is 5.13 Å². The van der Waals surface area contributed by atoms with Gasteiger partial charge >= 0.3 is 0 Å². The molecule has 4 aromatic rings. The van der Waals surface area contributed by atoms with Gasteiger partial charge in [0.1, 0.15) is 0 Å². The van der Waals surface area contributed by atoms with Crippen LogP contribution in [0.3, 0.4) is 0 Å². The molecule has 0 aliphatic heterocycles. The summed E-state index contributed by atoms with van der Waals surface area (Å²) >= 11 is 1.42. The molecule has 132 valence electrons. The minimum absolute atomic E-state index is 0.0944. The monoisotopic (exact) mass is 371 g/mol. The molecule has 2 aromatic heterocycles. The number of rotatable bonds is 5. The maximum Gasteiger partial charge on any atom is 0.238 e. The average molecular weight is 371 g/mol. The number of nitrogens with zero attached hydrogens (tertiary/aromatic N) is 2. The van der Waals surface area contributed by atoms with Crippen LogP contribution in [0.25, 0.3) is 11.3 Å². The lowest BCUT2D eigenvalue weighted by atomic mass is 9.90. The SMILES string of the molecule is O=C(Nc1nc(-c2ccncc2)cs1)C(c1ccccc1)c1ccccc1. The number of carbonyl (C=O) groups is 1. The molecule has 2 aromatic carbocycles. The maximum absolute atomic E-state index is 13.1. The van der Waals surface area contributed by atoms with E-state index in [0.29, 0.717) is 5.13 Å². The first-order valence-electron chi connectivity index (χ1n) is 8.58. The van der Waals surface area contributed by atoms with E-state index < -0.39 is 0 Å². The van der Waals surface area contributed by atoms with Gasteiger partial charge in [-0.15, -0.1) is 11.3 Å². The molecule has 27 heavy (non-hydrogen) atoms. The van der Waals surface area contributed by atoms with Crippen molar-refractivity contribution in [2.45, 2.75) is 5.92 Å². The zero-order chi connectivity index (χ0) is 18.5. The quantitative estimate of drug-likeness (QED) is 0.538. The van der Waals surface area contributed by atoms with Crippen LogP contribution in [0.4, 0.5) is 5.13 Å². The van der Waals surface area contributed by atoms with E-state index in [9.17, 15) is 4.79 Å². The predicted molar refractivity (Wildman–Crippen MR) is 109 cm³/mol. The van der Waals surface area contributed by atoms with Crippen LogP contribution < -0.4 is 5.32 Å². The van der Waals surface area contributed by atoms with Crippen molar-refractivity contribution in [2.24, 2.45) is 0 Å². The number of carbonyl (C=O) groups excluding carboxylic acids is 1. The van der Waals surface area contributed by atoms with Crippen molar-refractivity contribution in [1.82, 2.24) is 9.97 Å². The molecule has 2 heterocycles. The van der Waals surface area contributed by atoms with Gasteiger partial charge in [0.2, 0.25) is 5.91 Å². The highest BCUT2D eigenvalue weighted by molar-refractivity contribution is 7.14. The van der Waals surface area contributed by atoms with Crippen LogP contribution in [-0.2, 0) is 4.79 Å². The molecule has 0 saturated carbocycles. The molecule has 0 aliphatic rings. The zero-order valence-electron chi connectivity index (χ0n) is 14.4.